The van der Waals surface area contributed by atoms with Crippen molar-refractivity contribution in [1.29, 1.82) is 0 Å². The lowest BCUT2D eigenvalue weighted by Crippen LogP contribution is -2.37. The van der Waals surface area contributed by atoms with Gasteiger partial charge in [0.15, 0.2) is 5.11 Å². The molecular formula is C22H29N7O3S. The monoisotopic (exact) mass is 471 g/mol. The smallest absolute Gasteiger partial charge is 0.305 e. The Kier molecular flexibility index (Phi) is 9.19. The summed E-state index contributed by atoms with van der Waals surface area (Å²) in [5.41, 5.74) is 1.51. The van der Waals surface area contributed by atoms with E-state index in [1.54, 1.807) is 6.20 Å². The number of nitrogens with one attached hydrogen (secondary N) is 5. The maximum atomic E-state index is 12.6. The number of amides is 1. The van der Waals surface area contributed by atoms with Gasteiger partial charge in [-0.1, -0.05) is 30.3 Å². The molecule has 2 aromatic rings. The Balaban J connectivity index is 1.51. The molecule has 0 aliphatic heterocycles. The number of carbonyl (C=O) groups is 2. The van der Waals surface area contributed by atoms with E-state index < -0.39 is 5.97 Å². The van der Waals surface area contributed by atoms with E-state index in [0.717, 1.165) is 18.4 Å². The summed E-state index contributed by atoms with van der Waals surface area (Å²) in [6, 6.07) is 10.2. The third kappa shape index (κ3) is 8.89. The summed E-state index contributed by atoms with van der Waals surface area (Å²) < 4.78 is 0. The third-order valence-electron chi connectivity index (χ3n) is 4.80. The van der Waals surface area contributed by atoms with E-state index in [4.69, 9.17) is 17.3 Å². The van der Waals surface area contributed by atoms with Crippen LogP contribution in [0.4, 0.5) is 11.8 Å². The number of thiocarbonyl (C=S) groups is 1. The molecule has 1 amide bonds. The minimum Gasteiger partial charge on any atom is -0.481 e. The van der Waals surface area contributed by atoms with Crippen LogP contribution < -0.4 is 26.6 Å². The Bertz CT molecular complexity index is 954. The van der Waals surface area contributed by atoms with E-state index in [9.17, 15) is 9.59 Å². The van der Waals surface area contributed by atoms with E-state index in [2.05, 4.69) is 36.6 Å². The molecular weight excluding hydrogens is 442 g/mol. The number of aliphatic carboxylic acids is 1. The predicted molar refractivity (Wildman–Crippen MR) is 130 cm³/mol. The second-order valence-corrected chi connectivity index (χ2v) is 8.06. The number of anilines is 2. The first kappa shape index (κ1) is 24.2. The second-order valence-electron chi connectivity index (χ2n) is 7.65. The first-order chi connectivity index (χ1) is 16.0. The number of carbonyl (C=O) groups excluding carboxylic acids is 1. The van der Waals surface area contributed by atoms with Gasteiger partial charge in [-0.05, 0) is 37.0 Å². The number of carboxylic acid groups (broad SMARTS) is 1. The standard InChI is InChI=1S/C22H29N7O3S/c30-18(31)9-12-25-22(33)24-11-4-10-23-19-17(20(32)28-16-7-8-16)14-27-21(29-19)26-13-15-5-2-1-3-6-15/h1-3,5-6,14,16H,4,7-13H2,(H,28,32)(H,30,31)(H2,24,25,33)(H2,23,26,27,29). The number of rotatable bonds is 13. The Hall–Kier alpha value is -3.47. The molecule has 33 heavy (non-hydrogen) atoms. The van der Waals surface area contributed by atoms with E-state index in [1.165, 1.54) is 0 Å². The number of benzene rings is 1. The van der Waals surface area contributed by atoms with Gasteiger partial charge >= 0.3 is 5.97 Å². The van der Waals surface area contributed by atoms with Gasteiger partial charge in [-0.25, -0.2) is 4.98 Å². The van der Waals surface area contributed by atoms with Crippen molar-refractivity contribution in [3.05, 3.63) is 47.7 Å². The largest absolute Gasteiger partial charge is 0.481 e. The highest BCUT2D eigenvalue weighted by atomic mass is 32.1. The summed E-state index contributed by atoms with van der Waals surface area (Å²) in [5, 5.41) is 24.3. The second kappa shape index (κ2) is 12.5. The molecule has 1 aromatic carbocycles. The van der Waals surface area contributed by atoms with Crippen molar-refractivity contribution in [2.24, 2.45) is 0 Å². The summed E-state index contributed by atoms with van der Waals surface area (Å²) in [6.07, 6.45) is 4.25. The molecule has 0 unspecified atom stereocenters. The zero-order chi connectivity index (χ0) is 23.5. The zero-order valence-electron chi connectivity index (χ0n) is 18.3. The number of nitrogens with zero attached hydrogens (tertiary/aromatic N) is 2. The molecule has 1 saturated carbocycles. The van der Waals surface area contributed by atoms with Gasteiger partial charge in [0.05, 0.1) is 6.42 Å². The Labute approximate surface area is 198 Å². The Morgan fingerprint density at radius 3 is 2.55 bits per heavy atom. The molecule has 0 saturated heterocycles. The molecule has 1 aromatic heterocycles. The van der Waals surface area contributed by atoms with Crippen molar-refractivity contribution in [3.8, 4) is 0 Å². The van der Waals surface area contributed by atoms with Crippen LogP contribution in [0.25, 0.3) is 0 Å². The molecule has 0 bridgehead atoms. The molecule has 1 aliphatic carbocycles. The molecule has 3 rings (SSSR count). The van der Waals surface area contributed by atoms with Crippen LogP contribution in [-0.2, 0) is 11.3 Å². The number of hydrogen-bond acceptors (Lipinski definition) is 7. The molecule has 1 heterocycles. The molecule has 11 heteroatoms. The van der Waals surface area contributed by atoms with Gasteiger partial charge in [0, 0.05) is 38.4 Å². The average Bonchev–Trinajstić information content (AvgIpc) is 3.62. The topological polar surface area (TPSA) is 140 Å². The maximum absolute atomic E-state index is 12.6. The molecule has 10 nitrogen and oxygen atoms in total. The van der Waals surface area contributed by atoms with Crippen molar-refractivity contribution < 1.29 is 14.7 Å². The first-order valence-corrected chi connectivity index (χ1v) is 11.3. The lowest BCUT2D eigenvalue weighted by Gasteiger charge is -2.14. The van der Waals surface area contributed by atoms with E-state index in [-0.39, 0.29) is 24.9 Å². The highest BCUT2D eigenvalue weighted by molar-refractivity contribution is 7.80. The van der Waals surface area contributed by atoms with E-state index >= 15 is 0 Å². The van der Waals surface area contributed by atoms with Crippen LogP contribution >= 0.6 is 12.2 Å². The summed E-state index contributed by atoms with van der Waals surface area (Å²) in [7, 11) is 0. The van der Waals surface area contributed by atoms with Crippen LogP contribution in [0.5, 0.6) is 0 Å². The molecule has 0 radical (unpaired) electrons. The van der Waals surface area contributed by atoms with Gasteiger partial charge in [0.1, 0.15) is 11.4 Å². The van der Waals surface area contributed by atoms with Crippen molar-refractivity contribution in [2.45, 2.75) is 38.3 Å². The lowest BCUT2D eigenvalue weighted by molar-refractivity contribution is -0.136. The van der Waals surface area contributed by atoms with Crippen molar-refractivity contribution in [3.63, 3.8) is 0 Å². The zero-order valence-corrected chi connectivity index (χ0v) is 19.1. The minimum absolute atomic E-state index is 0.00340. The molecule has 1 aliphatic rings. The van der Waals surface area contributed by atoms with Gasteiger partial charge in [0.25, 0.3) is 5.91 Å². The SMILES string of the molecule is O=C(O)CCNC(=S)NCCCNc1nc(NCc2ccccc2)ncc1C(=O)NC1CC1. The van der Waals surface area contributed by atoms with Crippen LogP contribution in [0.15, 0.2) is 36.5 Å². The highest BCUT2D eigenvalue weighted by Gasteiger charge is 2.25. The van der Waals surface area contributed by atoms with Gasteiger partial charge < -0.3 is 31.7 Å². The normalized spacial score (nSPS) is 12.5. The fraction of sp³-hybridized carbons (Fsp3) is 0.409. The quantitative estimate of drug-likeness (QED) is 0.189. The third-order valence-corrected chi connectivity index (χ3v) is 5.08. The predicted octanol–water partition coefficient (Wildman–Crippen LogP) is 1.72. The van der Waals surface area contributed by atoms with Gasteiger partial charge in [-0.15, -0.1) is 0 Å². The molecule has 176 valence electrons. The molecule has 0 spiro atoms. The maximum Gasteiger partial charge on any atom is 0.305 e. The van der Waals surface area contributed by atoms with Crippen molar-refractivity contribution >= 4 is 41.0 Å². The summed E-state index contributed by atoms with van der Waals surface area (Å²) >= 11 is 5.12. The number of carboxylic acids is 1. The summed E-state index contributed by atoms with van der Waals surface area (Å²) in [4.78, 5) is 32.0. The number of hydrogen-bond donors (Lipinski definition) is 6. The summed E-state index contributed by atoms with van der Waals surface area (Å²) in [5.74, 6) is -0.151. The van der Waals surface area contributed by atoms with Crippen molar-refractivity contribution in [2.75, 3.05) is 30.3 Å². The van der Waals surface area contributed by atoms with Crippen LogP contribution in [-0.4, -0.2) is 57.7 Å². The Morgan fingerprint density at radius 1 is 1.06 bits per heavy atom. The molecule has 0 atom stereocenters. The van der Waals surface area contributed by atoms with Gasteiger partial charge in [-0.3, -0.25) is 9.59 Å². The van der Waals surface area contributed by atoms with Crippen LogP contribution in [0.2, 0.25) is 0 Å². The van der Waals surface area contributed by atoms with E-state index in [1.807, 2.05) is 30.3 Å². The van der Waals surface area contributed by atoms with Crippen LogP contribution in [0, 0.1) is 0 Å². The van der Waals surface area contributed by atoms with Crippen LogP contribution in [0.3, 0.4) is 0 Å². The van der Waals surface area contributed by atoms with E-state index in [0.29, 0.717) is 48.5 Å². The fourth-order valence-corrected chi connectivity index (χ4v) is 3.08. The minimum atomic E-state index is -0.876. The number of aromatic nitrogens is 2. The van der Waals surface area contributed by atoms with Crippen LogP contribution in [0.1, 0.15) is 41.6 Å². The van der Waals surface area contributed by atoms with Crippen molar-refractivity contribution in [1.82, 2.24) is 25.9 Å². The van der Waals surface area contributed by atoms with Gasteiger partial charge in [0.2, 0.25) is 5.95 Å². The lowest BCUT2D eigenvalue weighted by atomic mass is 10.2. The summed E-state index contributed by atoms with van der Waals surface area (Å²) in [6.45, 7) is 1.99. The highest BCUT2D eigenvalue weighted by Crippen LogP contribution is 2.21. The fourth-order valence-electron chi connectivity index (χ4n) is 2.88. The average molecular weight is 472 g/mol. The Morgan fingerprint density at radius 2 is 1.82 bits per heavy atom. The van der Waals surface area contributed by atoms with Gasteiger partial charge in [-0.2, -0.15) is 4.98 Å². The molecule has 1 fully saturated rings. The molecule has 6 N–H and O–H groups in total. The first-order valence-electron chi connectivity index (χ1n) is 10.9.